The van der Waals surface area contributed by atoms with Gasteiger partial charge < -0.3 is 0 Å². The molecule has 1 aliphatic carbocycles. The van der Waals surface area contributed by atoms with E-state index in [0.717, 1.165) is 13.1 Å². The van der Waals surface area contributed by atoms with Crippen LogP contribution in [-0.4, -0.2) is 44.7 Å². The van der Waals surface area contributed by atoms with Crippen molar-refractivity contribution in [3.63, 3.8) is 0 Å². The van der Waals surface area contributed by atoms with Crippen LogP contribution in [0.2, 0.25) is 0 Å². The van der Waals surface area contributed by atoms with Gasteiger partial charge in [-0.15, -0.1) is 0 Å². The zero-order valence-electron chi connectivity index (χ0n) is 8.94. The van der Waals surface area contributed by atoms with E-state index in [2.05, 4.69) is 16.5 Å². The van der Waals surface area contributed by atoms with Crippen molar-refractivity contribution in [1.82, 2.24) is 9.62 Å². The molecule has 0 heterocycles. The molecule has 0 atom stereocenters. The first-order valence-electron chi connectivity index (χ1n) is 5.17. The maximum Gasteiger partial charge on any atom is 0.225 e. The average molecular weight is 231 g/mol. The number of nitriles is 1. The van der Waals surface area contributed by atoms with E-state index in [1.807, 2.05) is 0 Å². The van der Waals surface area contributed by atoms with Crippen molar-refractivity contribution in [1.29, 1.82) is 5.26 Å². The molecule has 0 aromatic heterocycles. The molecule has 0 unspecified atom stereocenters. The van der Waals surface area contributed by atoms with Crippen LogP contribution in [0.4, 0.5) is 0 Å². The maximum atomic E-state index is 11.1. The molecule has 1 fully saturated rings. The number of nitrogens with one attached hydrogen (secondary N) is 1. The zero-order chi connectivity index (χ0) is 11.3. The van der Waals surface area contributed by atoms with Crippen molar-refractivity contribution < 1.29 is 8.42 Å². The molecule has 15 heavy (non-hydrogen) atoms. The first-order chi connectivity index (χ1) is 7.09. The van der Waals surface area contributed by atoms with Crippen LogP contribution in [0.5, 0.6) is 0 Å². The molecule has 6 heteroatoms. The summed E-state index contributed by atoms with van der Waals surface area (Å²) in [6.07, 6.45) is 2.44. The quantitative estimate of drug-likeness (QED) is 0.665. The topological polar surface area (TPSA) is 73.2 Å². The molecule has 1 N–H and O–H groups in total. The Labute approximate surface area is 91.1 Å². The normalized spacial score (nSPS) is 16.6. The second kappa shape index (κ2) is 5.45. The van der Waals surface area contributed by atoms with E-state index >= 15 is 0 Å². The molecule has 86 valence electrons. The third-order valence-electron chi connectivity index (χ3n) is 2.45. The number of hydrogen-bond acceptors (Lipinski definition) is 4. The summed E-state index contributed by atoms with van der Waals surface area (Å²) >= 11 is 0. The van der Waals surface area contributed by atoms with Crippen LogP contribution in [0, 0.1) is 11.3 Å². The highest BCUT2D eigenvalue weighted by Crippen LogP contribution is 2.25. The molecule has 0 aromatic carbocycles. The highest BCUT2D eigenvalue weighted by Gasteiger charge is 2.27. The minimum absolute atomic E-state index is 0.397. The second-order valence-corrected chi connectivity index (χ2v) is 5.48. The van der Waals surface area contributed by atoms with Crippen LogP contribution in [0.1, 0.15) is 19.8 Å². The van der Waals surface area contributed by atoms with Gasteiger partial charge in [-0.3, -0.25) is 4.90 Å². The standard InChI is InChI=1S/C9H17N3O2S/c1-2-12(9-3-4-9)7-6-11-15(13,14)8-5-10/h9,11H,2-4,6-8H2,1H3. The molecule has 1 rings (SSSR count). The number of sulfonamides is 1. The molecule has 0 aliphatic heterocycles. The van der Waals surface area contributed by atoms with Crippen LogP contribution >= 0.6 is 0 Å². The third-order valence-corrected chi connectivity index (χ3v) is 3.60. The Morgan fingerprint density at radius 2 is 2.20 bits per heavy atom. The van der Waals surface area contributed by atoms with Crippen molar-refractivity contribution in [3.8, 4) is 6.07 Å². The van der Waals surface area contributed by atoms with E-state index in [1.54, 1.807) is 6.07 Å². The summed E-state index contributed by atoms with van der Waals surface area (Å²) < 4.78 is 24.7. The monoisotopic (exact) mass is 231 g/mol. The molecule has 0 radical (unpaired) electrons. The Morgan fingerprint density at radius 1 is 1.53 bits per heavy atom. The zero-order valence-corrected chi connectivity index (χ0v) is 9.76. The number of likely N-dealkylation sites (N-methyl/N-ethyl adjacent to an activating group) is 1. The van der Waals surface area contributed by atoms with Gasteiger partial charge in [-0.2, -0.15) is 5.26 Å². The van der Waals surface area contributed by atoms with Gasteiger partial charge in [0.2, 0.25) is 10.0 Å². The summed E-state index contributed by atoms with van der Waals surface area (Å²) in [5.41, 5.74) is 0. The van der Waals surface area contributed by atoms with Gasteiger partial charge in [-0.05, 0) is 19.4 Å². The maximum absolute atomic E-state index is 11.1. The number of nitrogens with zero attached hydrogens (tertiary/aromatic N) is 2. The van der Waals surface area contributed by atoms with Crippen LogP contribution in [0.25, 0.3) is 0 Å². The minimum atomic E-state index is -3.38. The summed E-state index contributed by atoms with van der Waals surface area (Å²) in [7, 11) is -3.38. The highest BCUT2D eigenvalue weighted by molar-refractivity contribution is 7.89. The molecule has 0 bridgehead atoms. The predicted octanol–water partition coefficient (Wildman–Crippen LogP) is -0.0863. The van der Waals surface area contributed by atoms with Gasteiger partial charge in [0.15, 0.2) is 5.75 Å². The molecule has 0 aromatic rings. The lowest BCUT2D eigenvalue weighted by atomic mass is 10.4. The fraction of sp³-hybridized carbons (Fsp3) is 0.889. The summed E-state index contributed by atoms with van der Waals surface area (Å²) in [4.78, 5) is 2.26. The summed E-state index contributed by atoms with van der Waals surface area (Å²) in [6, 6.07) is 2.28. The highest BCUT2D eigenvalue weighted by atomic mass is 32.2. The Kier molecular flexibility index (Phi) is 4.51. The van der Waals surface area contributed by atoms with Gasteiger partial charge in [0.25, 0.3) is 0 Å². The van der Waals surface area contributed by atoms with Crippen LogP contribution in [-0.2, 0) is 10.0 Å². The average Bonchev–Trinajstić information content (AvgIpc) is 2.95. The molecule has 0 saturated heterocycles. The van der Waals surface area contributed by atoms with Crippen molar-refractivity contribution in [2.75, 3.05) is 25.4 Å². The van der Waals surface area contributed by atoms with Crippen molar-refractivity contribution in [2.24, 2.45) is 0 Å². The number of hydrogen-bond donors (Lipinski definition) is 1. The Balaban J connectivity index is 2.23. The van der Waals surface area contributed by atoms with Crippen LogP contribution < -0.4 is 4.72 Å². The van der Waals surface area contributed by atoms with Crippen molar-refractivity contribution in [3.05, 3.63) is 0 Å². The van der Waals surface area contributed by atoms with E-state index in [0.29, 0.717) is 12.6 Å². The Hall–Kier alpha value is -0.640. The second-order valence-electron chi connectivity index (χ2n) is 3.67. The number of rotatable bonds is 7. The van der Waals surface area contributed by atoms with Crippen molar-refractivity contribution in [2.45, 2.75) is 25.8 Å². The lowest BCUT2D eigenvalue weighted by Gasteiger charge is -2.19. The Bertz CT molecular complexity index is 330. The van der Waals surface area contributed by atoms with E-state index < -0.39 is 15.8 Å². The molecule has 0 spiro atoms. The molecule has 1 saturated carbocycles. The SMILES string of the molecule is CCN(CCNS(=O)(=O)CC#N)C1CC1. The molecular weight excluding hydrogens is 214 g/mol. The lowest BCUT2D eigenvalue weighted by Crippen LogP contribution is -2.36. The largest absolute Gasteiger partial charge is 0.299 e. The van der Waals surface area contributed by atoms with Crippen molar-refractivity contribution >= 4 is 10.0 Å². The van der Waals surface area contributed by atoms with Gasteiger partial charge >= 0.3 is 0 Å². The smallest absolute Gasteiger partial charge is 0.225 e. The van der Waals surface area contributed by atoms with Crippen LogP contribution in [0.15, 0.2) is 0 Å². The van der Waals surface area contributed by atoms with Crippen LogP contribution in [0.3, 0.4) is 0 Å². The molecule has 0 amide bonds. The van der Waals surface area contributed by atoms with E-state index in [9.17, 15) is 8.42 Å². The first-order valence-corrected chi connectivity index (χ1v) is 6.82. The first kappa shape index (κ1) is 12.4. The van der Waals surface area contributed by atoms with Gasteiger partial charge in [0, 0.05) is 19.1 Å². The predicted molar refractivity (Wildman–Crippen MR) is 57.7 cm³/mol. The van der Waals surface area contributed by atoms with Gasteiger partial charge in [0.1, 0.15) is 0 Å². The van der Waals surface area contributed by atoms with Gasteiger partial charge in [0.05, 0.1) is 6.07 Å². The molecule has 5 nitrogen and oxygen atoms in total. The lowest BCUT2D eigenvalue weighted by molar-refractivity contribution is 0.282. The fourth-order valence-corrected chi connectivity index (χ4v) is 2.19. The fourth-order valence-electron chi connectivity index (χ4n) is 1.52. The van der Waals surface area contributed by atoms with E-state index in [1.165, 1.54) is 12.8 Å². The third kappa shape index (κ3) is 4.60. The molecular formula is C9H17N3O2S. The van der Waals surface area contributed by atoms with E-state index in [-0.39, 0.29) is 0 Å². The summed E-state index contributed by atoms with van der Waals surface area (Å²) in [6.45, 7) is 4.15. The summed E-state index contributed by atoms with van der Waals surface area (Å²) in [5.74, 6) is -0.456. The van der Waals surface area contributed by atoms with E-state index in [4.69, 9.17) is 5.26 Å². The molecule has 1 aliphatic rings. The summed E-state index contributed by atoms with van der Waals surface area (Å²) in [5, 5.41) is 8.28. The van der Waals surface area contributed by atoms with Gasteiger partial charge in [-0.1, -0.05) is 6.92 Å². The Morgan fingerprint density at radius 3 is 2.67 bits per heavy atom. The minimum Gasteiger partial charge on any atom is -0.299 e. The van der Waals surface area contributed by atoms with Gasteiger partial charge in [-0.25, -0.2) is 13.1 Å².